The number of aliphatic carboxylic acids is 1. The highest BCUT2D eigenvalue weighted by Gasteiger charge is 2.42. The van der Waals surface area contributed by atoms with Crippen LogP contribution in [0.15, 0.2) is 24.3 Å². The number of nitrogens with two attached hydrogens (primary N) is 1. The quantitative estimate of drug-likeness (QED) is 0.666. The summed E-state index contributed by atoms with van der Waals surface area (Å²) in [5, 5.41) is 10.2. The van der Waals surface area contributed by atoms with Gasteiger partial charge in [-0.2, -0.15) is 0 Å². The van der Waals surface area contributed by atoms with Crippen LogP contribution < -0.4 is 5.73 Å². The van der Waals surface area contributed by atoms with Crippen molar-refractivity contribution in [2.45, 2.75) is 18.4 Å². The Labute approximate surface area is 92.1 Å². The summed E-state index contributed by atoms with van der Waals surface area (Å²) in [6.07, 6.45) is 0.786. The van der Waals surface area contributed by atoms with Crippen LogP contribution in [0.4, 0.5) is 0 Å². The Bertz CT molecular complexity index is 588. The lowest BCUT2D eigenvalue weighted by atomic mass is 9.97. The molecular formula is C12H12N2O2. The number of nitrogens with one attached hydrogen (secondary N) is 1. The van der Waals surface area contributed by atoms with Gasteiger partial charge in [0.15, 0.2) is 0 Å². The minimum Gasteiger partial charge on any atom is -0.480 e. The van der Waals surface area contributed by atoms with Crippen molar-refractivity contribution in [1.29, 1.82) is 0 Å². The smallest absolute Gasteiger partial charge is 0.324 e. The lowest BCUT2D eigenvalue weighted by Crippen LogP contribution is -2.48. The SMILES string of the molecule is N[C@@]1(C(=O)O)Cc2[nH]c3ccccc3c2C1. The van der Waals surface area contributed by atoms with Crippen LogP contribution in [-0.4, -0.2) is 21.6 Å². The summed E-state index contributed by atoms with van der Waals surface area (Å²) in [7, 11) is 0. The number of carboxylic acids is 1. The number of hydrogen-bond donors (Lipinski definition) is 3. The van der Waals surface area contributed by atoms with Crippen molar-refractivity contribution < 1.29 is 9.90 Å². The van der Waals surface area contributed by atoms with Crippen molar-refractivity contribution in [3.05, 3.63) is 35.5 Å². The molecule has 4 heteroatoms. The van der Waals surface area contributed by atoms with Crippen molar-refractivity contribution in [1.82, 2.24) is 4.98 Å². The predicted molar refractivity (Wildman–Crippen MR) is 60.3 cm³/mol. The number of para-hydroxylation sites is 1. The maximum Gasteiger partial charge on any atom is 0.324 e. The molecule has 1 aliphatic rings. The Kier molecular flexibility index (Phi) is 1.68. The van der Waals surface area contributed by atoms with Gasteiger partial charge in [0.25, 0.3) is 0 Å². The molecule has 1 heterocycles. The van der Waals surface area contributed by atoms with Crippen LogP contribution in [-0.2, 0) is 17.6 Å². The highest BCUT2D eigenvalue weighted by molar-refractivity contribution is 5.89. The zero-order valence-corrected chi connectivity index (χ0v) is 8.66. The molecule has 16 heavy (non-hydrogen) atoms. The molecule has 0 radical (unpaired) electrons. The molecule has 1 atom stereocenters. The first-order valence-electron chi connectivity index (χ1n) is 5.21. The van der Waals surface area contributed by atoms with Gasteiger partial charge in [0.1, 0.15) is 5.54 Å². The molecule has 4 nitrogen and oxygen atoms in total. The third kappa shape index (κ3) is 1.10. The van der Waals surface area contributed by atoms with Gasteiger partial charge in [-0.15, -0.1) is 0 Å². The molecule has 82 valence electrons. The molecule has 3 rings (SSSR count). The summed E-state index contributed by atoms with van der Waals surface area (Å²) < 4.78 is 0. The Morgan fingerprint density at radius 1 is 1.38 bits per heavy atom. The van der Waals surface area contributed by atoms with Crippen LogP contribution in [0.3, 0.4) is 0 Å². The monoisotopic (exact) mass is 216 g/mol. The molecule has 0 bridgehead atoms. The Morgan fingerprint density at radius 2 is 2.12 bits per heavy atom. The predicted octanol–water partition coefficient (Wildman–Crippen LogP) is 1.05. The summed E-state index contributed by atoms with van der Waals surface area (Å²) in [6.45, 7) is 0. The van der Waals surface area contributed by atoms with Gasteiger partial charge in [-0.05, 0) is 11.6 Å². The number of fused-ring (bicyclic) bond motifs is 3. The first-order valence-corrected chi connectivity index (χ1v) is 5.21. The van der Waals surface area contributed by atoms with E-state index in [2.05, 4.69) is 4.98 Å². The van der Waals surface area contributed by atoms with Crippen LogP contribution in [0.5, 0.6) is 0 Å². The average Bonchev–Trinajstić information content (AvgIpc) is 2.72. The van der Waals surface area contributed by atoms with Gasteiger partial charge in [-0.25, -0.2) is 0 Å². The molecule has 0 fully saturated rings. The van der Waals surface area contributed by atoms with E-state index in [1.165, 1.54) is 0 Å². The third-order valence-electron chi connectivity index (χ3n) is 3.31. The van der Waals surface area contributed by atoms with Crippen molar-refractivity contribution in [3.63, 3.8) is 0 Å². The van der Waals surface area contributed by atoms with E-state index in [0.717, 1.165) is 22.2 Å². The van der Waals surface area contributed by atoms with E-state index in [1.807, 2.05) is 24.3 Å². The number of carboxylic acid groups (broad SMARTS) is 1. The lowest BCUT2D eigenvalue weighted by molar-refractivity contribution is -0.142. The van der Waals surface area contributed by atoms with Crippen LogP contribution in [0, 0.1) is 0 Å². The maximum absolute atomic E-state index is 11.1. The van der Waals surface area contributed by atoms with Crippen LogP contribution in [0.25, 0.3) is 10.9 Å². The first-order chi connectivity index (χ1) is 7.60. The number of H-pyrrole nitrogens is 1. The molecule has 4 N–H and O–H groups in total. The summed E-state index contributed by atoms with van der Waals surface area (Å²) >= 11 is 0. The number of hydrogen-bond acceptors (Lipinski definition) is 2. The number of rotatable bonds is 1. The molecule has 0 unspecified atom stereocenters. The lowest BCUT2D eigenvalue weighted by Gasteiger charge is -2.17. The molecule has 1 aromatic heterocycles. The molecular weight excluding hydrogens is 204 g/mol. The Hall–Kier alpha value is -1.81. The number of aromatic amines is 1. The minimum absolute atomic E-state index is 0.381. The number of carbonyl (C=O) groups is 1. The molecule has 0 saturated carbocycles. The van der Waals surface area contributed by atoms with Gasteiger partial charge in [-0.1, -0.05) is 18.2 Å². The van der Waals surface area contributed by atoms with E-state index in [4.69, 9.17) is 10.8 Å². The zero-order valence-electron chi connectivity index (χ0n) is 8.66. The maximum atomic E-state index is 11.1. The van der Waals surface area contributed by atoms with Crippen molar-refractivity contribution in [2.24, 2.45) is 5.73 Å². The van der Waals surface area contributed by atoms with Gasteiger partial charge in [0.2, 0.25) is 0 Å². The second kappa shape index (κ2) is 2.86. The highest BCUT2D eigenvalue weighted by Crippen LogP contribution is 2.34. The summed E-state index contributed by atoms with van der Waals surface area (Å²) in [5.74, 6) is -0.929. The van der Waals surface area contributed by atoms with Crippen molar-refractivity contribution in [3.8, 4) is 0 Å². The first kappa shape index (κ1) is 9.42. The molecule has 1 aromatic carbocycles. The topological polar surface area (TPSA) is 79.1 Å². The van der Waals surface area contributed by atoms with Gasteiger partial charge < -0.3 is 15.8 Å². The van der Waals surface area contributed by atoms with E-state index in [1.54, 1.807) is 0 Å². The highest BCUT2D eigenvalue weighted by atomic mass is 16.4. The van der Waals surface area contributed by atoms with Gasteiger partial charge >= 0.3 is 5.97 Å². The Morgan fingerprint density at radius 3 is 2.88 bits per heavy atom. The van der Waals surface area contributed by atoms with Crippen molar-refractivity contribution in [2.75, 3.05) is 0 Å². The standard InChI is InChI=1S/C12H12N2O2/c13-12(11(15)16)5-8-7-3-1-2-4-9(7)14-10(8)6-12/h1-4,14H,5-6,13H2,(H,15,16)/t12-/m1/s1. The molecule has 0 saturated heterocycles. The van der Waals surface area contributed by atoms with Crippen LogP contribution in [0.2, 0.25) is 0 Å². The van der Waals surface area contributed by atoms with Gasteiger partial charge in [-0.3, -0.25) is 4.79 Å². The number of benzene rings is 1. The second-order valence-electron chi connectivity index (χ2n) is 4.44. The van der Waals surface area contributed by atoms with E-state index in [-0.39, 0.29) is 0 Å². The van der Waals surface area contributed by atoms with E-state index >= 15 is 0 Å². The second-order valence-corrected chi connectivity index (χ2v) is 4.44. The summed E-state index contributed by atoms with van der Waals surface area (Å²) in [4.78, 5) is 14.3. The molecule has 0 aliphatic heterocycles. The largest absolute Gasteiger partial charge is 0.480 e. The summed E-state index contributed by atoms with van der Waals surface area (Å²) in [5.41, 5.74) is 7.81. The summed E-state index contributed by atoms with van der Waals surface area (Å²) in [6, 6.07) is 7.90. The van der Waals surface area contributed by atoms with E-state index in [9.17, 15) is 4.79 Å². The average molecular weight is 216 g/mol. The van der Waals surface area contributed by atoms with Gasteiger partial charge in [0.05, 0.1) is 0 Å². The van der Waals surface area contributed by atoms with Gasteiger partial charge in [0, 0.05) is 29.4 Å². The fraction of sp³-hybridized carbons (Fsp3) is 0.250. The fourth-order valence-electron chi connectivity index (χ4n) is 2.45. The molecule has 1 aliphatic carbocycles. The van der Waals surface area contributed by atoms with E-state index < -0.39 is 11.5 Å². The minimum atomic E-state index is -1.13. The zero-order chi connectivity index (χ0) is 11.3. The molecule has 2 aromatic rings. The third-order valence-corrected chi connectivity index (χ3v) is 3.31. The van der Waals surface area contributed by atoms with Crippen LogP contribution >= 0.6 is 0 Å². The van der Waals surface area contributed by atoms with Crippen LogP contribution in [0.1, 0.15) is 11.3 Å². The Balaban J connectivity index is 2.15. The van der Waals surface area contributed by atoms with Crippen molar-refractivity contribution >= 4 is 16.9 Å². The molecule has 0 amide bonds. The fourth-order valence-corrected chi connectivity index (χ4v) is 2.45. The van der Waals surface area contributed by atoms with E-state index in [0.29, 0.717) is 12.8 Å². The normalized spacial score (nSPS) is 23.6. The number of aromatic nitrogens is 1. The molecule has 0 spiro atoms.